The first-order chi connectivity index (χ1) is 12.2. The Morgan fingerprint density at radius 1 is 1.27 bits per heavy atom. The van der Waals surface area contributed by atoms with Crippen LogP contribution in [-0.2, 0) is 19.7 Å². The van der Waals surface area contributed by atoms with Gasteiger partial charge in [0.05, 0.1) is 5.69 Å². The van der Waals surface area contributed by atoms with Gasteiger partial charge in [-0.15, -0.1) is 0 Å². The molecule has 1 aliphatic heterocycles. The van der Waals surface area contributed by atoms with E-state index >= 15 is 0 Å². The Balaban J connectivity index is 1.86. The quantitative estimate of drug-likeness (QED) is 0.706. The molecule has 0 saturated heterocycles. The summed E-state index contributed by atoms with van der Waals surface area (Å²) in [5.41, 5.74) is 0.882. The summed E-state index contributed by atoms with van der Waals surface area (Å²) >= 11 is 3.17. The molecular formula is C16H13BrN2O6S. The predicted octanol–water partition coefficient (Wildman–Crippen LogP) is 2.51. The van der Waals surface area contributed by atoms with Crippen LogP contribution in [0.15, 0.2) is 45.8 Å². The first kappa shape index (κ1) is 18.2. The van der Waals surface area contributed by atoms with E-state index in [2.05, 4.69) is 26.6 Å². The molecule has 2 N–H and O–H groups in total. The Bertz CT molecular complexity index is 989. The lowest BCUT2D eigenvalue weighted by atomic mass is 10.2. The van der Waals surface area contributed by atoms with Gasteiger partial charge in [0.15, 0.2) is 6.61 Å². The third-order valence-electron chi connectivity index (χ3n) is 3.32. The molecule has 0 fully saturated rings. The number of carbonyl (C=O) groups excluding carboxylic acids is 2. The number of ether oxygens (including phenoxy) is 1. The molecule has 0 saturated carbocycles. The average Bonchev–Trinajstić information content (AvgIpc) is 2.55. The summed E-state index contributed by atoms with van der Waals surface area (Å²) in [6.45, 7) is 1.17. The van der Waals surface area contributed by atoms with Gasteiger partial charge in [0, 0.05) is 23.2 Å². The van der Waals surface area contributed by atoms with Crippen molar-refractivity contribution in [1.82, 2.24) is 0 Å². The van der Waals surface area contributed by atoms with Gasteiger partial charge in [-0.05, 0) is 46.3 Å². The van der Waals surface area contributed by atoms with Crippen molar-refractivity contribution in [3.8, 4) is 11.5 Å². The van der Waals surface area contributed by atoms with Crippen molar-refractivity contribution < 1.29 is 26.9 Å². The lowest BCUT2D eigenvalue weighted by molar-refractivity contribution is -0.118. The van der Waals surface area contributed by atoms with E-state index in [1.807, 2.05) is 0 Å². The zero-order valence-electron chi connectivity index (χ0n) is 13.4. The molecule has 0 radical (unpaired) electrons. The highest BCUT2D eigenvalue weighted by Gasteiger charge is 2.25. The molecule has 0 spiro atoms. The zero-order valence-corrected chi connectivity index (χ0v) is 15.8. The second-order valence-electron chi connectivity index (χ2n) is 5.36. The van der Waals surface area contributed by atoms with Crippen LogP contribution in [0.3, 0.4) is 0 Å². The van der Waals surface area contributed by atoms with Gasteiger partial charge in [0.2, 0.25) is 5.91 Å². The number of hydrogen-bond donors (Lipinski definition) is 2. The number of anilines is 2. The second kappa shape index (κ2) is 6.96. The highest BCUT2D eigenvalue weighted by atomic mass is 79.9. The maximum Gasteiger partial charge on any atom is 0.340 e. The number of halogens is 1. The Kier molecular flexibility index (Phi) is 4.88. The maximum atomic E-state index is 12.6. The Labute approximate surface area is 157 Å². The van der Waals surface area contributed by atoms with E-state index in [1.54, 1.807) is 0 Å². The topological polar surface area (TPSA) is 111 Å². The van der Waals surface area contributed by atoms with Crippen LogP contribution in [0.25, 0.3) is 0 Å². The van der Waals surface area contributed by atoms with Gasteiger partial charge in [-0.2, -0.15) is 8.42 Å². The largest absolute Gasteiger partial charge is 0.482 e. The monoisotopic (exact) mass is 440 g/mol. The smallest absolute Gasteiger partial charge is 0.340 e. The van der Waals surface area contributed by atoms with Gasteiger partial charge >= 0.3 is 10.1 Å². The van der Waals surface area contributed by atoms with E-state index in [0.29, 0.717) is 11.4 Å². The first-order valence-corrected chi connectivity index (χ1v) is 9.53. The van der Waals surface area contributed by atoms with E-state index in [-0.39, 0.29) is 39.3 Å². The standard InChI is InChI=1S/C16H13BrN2O6S/c1-9(20)18-10-2-4-11(5-3-10)25-26(22,23)15-7-14-13(6-12(15)17)19-16(21)8-24-14/h2-7H,8H2,1H3,(H,18,20)(H,19,21). The third-order valence-corrected chi connectivity index (χ3v) is 5.52. The van der Waals surface area contributed by atoms with Crippen molar-refractivity contribution in [2.24, 2.45) is 0 Å². The van der Waals surface area contributed by atoms with E-state index in [4.69, 9.17) is 8.92 Å². The summed E-state index contributed by atoms with van der Waals surface area (Å²) in [7, 11) is -4.15. The molecule has 136 valence electrons. The van der Waals surface area contributed by atoms with E-state index in [1.165, 1.54) is 43.3 Å². The van der Waals surface area contributed by atoms with Crippen molar-refractivity contribution >= 4 is 49.2 Å². The molecule has 0 unspecified atom stereocenters. The molecule has 26 heavy (non-hydrogen) atoms. The highest BCUT2D eigenvalue weighted by molar-refractivity contribution is 9.10. The normalized spacial score (nSPS) is 13.2. The van der Waals surface area contributed by atoms with Crippen LogP contribution < -0.4 is 19.6 Å². The summed E-state index contributed by atoms with van der Waals surface area (Å²) < 4.78 is 35.7. The lowest BCUT2D eigenvalue weighted by Gasteiger charge is -2.19. The number of amides is 2. The minimum atomic E-state index is -4.15. The summed E-state index contributed by atoms with van der Waals surface area (Å²) in [4.78, 5) is 22.2. The van der Waals surface area contributed by atoms with E-state index < -0.39 is 10.1 Å². The summed E-state index contributed by atoms with van der Waals surface area (Å²) in [6.07, 6.45) is 0. The molecule has 2 amide bonds. The number of nitrogens with one attached hydrogen (secondary N) is 2. The molecule has 0 aliphatic carbocycles. The second-order valence-corrected chi connectivity index (χ2v) is 7.73. The Hall–Kier alpha value is -2.59. The molecule has 10 heteroatoms. The van der Waals surface area contributed by atoms with Gasteiger partial charge in [0.1, 0.15) is 16.4 Å². The van der Waals surface area contributed by atoms with Crippen LogP contribution in [0.2, 0.25) is 0 Å². The van der Waals surface area contributed by atoms with Gasteiger partial charge < -0.3 is 19.6 Å². The molecular weight excluding hydrogens is 428 g/mol. The van der Waals surface area contributed by atoms with E-state index in [0.717, 1.165) is 0 Å². The maximum absolute atomic E-state index is 12.6. The number of rotatable bonds is 4. The Morgan fingerprint density at radius 3 is 2.62 bits per heavy atom. The fraction of sp³-hybridized carbons (Fsp3) is 0.125. The van der Waals surface area contributed by atoms with Crippen molar-refractivity contribution in [2.45, 2.75) is 11.8 Å². The minimum Gasteiger partial charge on any atom is -0.482 e. The summed E-state index contributed by atoms with van der Waals surface area (Å²) in [5, 5.41) is 5.16. The van der Waals surface area contributed by atoms with Gasteiger partial charge in [-0.3, -0.25) is 9.59 Å². The molecule has 1 heterocycles. The average molecular weight is 441 g/mol. The lowest BCUT2D eigenvalue weighted by Crippen LogP contribution is -2.25. The van der Waals surface area contributed by atoms with Crippen molar-refractivity contribution in [2.75, 3.05) is 17.2 Å². The van der Waals surface area contributed by atoms with Gasteiger partial charge in [-0.1, -0.05) is 0 Å². The van der Waals surface area contributed by atoms with Gasteiger partial charge in [0.25, 0.3) is 5.91 Å². The molecule has 3 rings (SSSR count). The molecule has 0 bridgehead atoms. The summed E-state index contributed by atoms with van der Waals surface area (Å²) in [6, 6.07) is 8.60. The fourth-order valence-corrected chi connectivity index (χ4v) is 4.18. The van der Waals surface area contributed by atoms with Crippen molar-refractivity contribution in [3.63, 3.8) is 0 Å². The van der Waals surface area contributed by atoms with Crippen LogP contribution in [0.4, 0.5) is 11.4 Å². The van der Waals surface area contributed by atoms with Crippen LogP contribution >= 0.6 is 15.9 Å². The van der Waals surface area contributed by atoms with Crippen molar-refractivity contribution in [1.29, 1.82) is 0 Å². The number of fused-ring (bicyclic) bond motifs is 1. The molecule has 0 aromatic heterocycles. The number of hydrogen-bond acceptors (Lipinski definition) is 6. The molecule has 2 aromatic rings. The Morgan fingerprint density at radius 2 is 1.96 bits per heavy atom. The zero-order chi connectivity index (χ0) is 18.9. The van der Waals surface area contributed by atoms with Crippen LogP contribution in [-0.4, -0.2) is 26.8 Å². The minimum absolute atomic E-state index is 0.0814. The third kappa shape index (κ3) is 3.97. The molecule has 8 nitrogen and oxygen atoms in total. The van der Waals surface area contributed by atoms with Crippen LogP contribution in [0, 0.1) is 0 Å². The summed E-state index contributed by atoms with van der Waals surface area (Å²) in [5.74, 6) is -0.249. The molecule has 0 atom stereocenters. The van der Waals surface area contributed by atoms with Gasteiger partial charge in [-0.25, -0.2) is 0 Å². The van der Waals surface area contributed by atoms with Crippen LogP contribution in [0.1, 0.15) is 6.92 Å². The molecule has 2 aromatic carbocycles. The first-order valence-electron chi connectivity index (χ1n) is 7.33. The predicted molar refractivity (Wildman–Crippen MR) is 96.8 cm³/mol. The highest BCUT2D eigenvalue weighted by Crippen LogP contribution is 2.36. The van der Waals surface area contributed by atoms with E-state index in [9.17, 15) is 18.0 Å². The SMILES string of the molecule is CC(=O)Nc1ccc(OS(=O)(=O)c2cc3c(cc2Br)NC(=O)CO3)cc1. The van der Waals surface area contributed by atoms with Crippen molar-refractivity contribution in [3.05, 3.63) is 40.9 Å². The number of benzene rings is 2. The number of carbonyl (C=O) groups is 2. The van der Waals surface area contributed by atoms with Crippen LogP contribution in [0.5, 0.6) is 11.5 Å². The fourth-order valence-electron chi connectivity index (χ4n) is 2.24. The molecule has 1 aliphatic rings.